The van der Waals surface area contributed by atoms with Crippen molar-refractivity contribution < 1.29 is 29.6 Å². The molecule has 6 atom stereocenters. The summed E-state index contributed by atoms with van der Waals surface area (Å²) < 4.78 is 13.4. The first-order chi connectivity index (χ1) is 17.4. The number of hydrogen-bond donors (Lipinski definition) is 4. The molecule has 2 unspecified atom stereocenters. The highest BCUT2D eigenvalue weighted by atomic mass is 16.6. The molecule has 1 saturated carbocycles. The zero-order valence-electron chi connectivity index (χ0n) is 20.4. The van der Waals surface area contributed by atoms with Gasteiger partial charge in [0.2, 0.25) is 0 Å². The van der Waals surface area contributed by atoms with E-state index >= 15 is 0 Å². The number of fused-ring (bicyclic) bond motifs is 1. The maximum Gasteiger partial charge on any atom is 0.167 e. The van der Waals surface area contributed by atoms with Gasteiger partial charge in [0.05, 0.1) is 31.7 Å². The summed E-state index contributed by atoms with van der Waals surface area (Å²) in [6.07, 6.45) is 1.81. The van der Waals surface area contributed by atoms with Crippen molar-refractivity contribution in [1.29, 1.82) is 0 Å². The van der Waals surface area contributed by atoms with Gasteiger partial charge in [0.15, 0.2) is 23.2 Å². The highest BCUT2D eigenvalue weighted by Crippen LogP contribution is 2.33. The smallest absolute Gasteiger partial charge is 0.167 e. The molecule has 11 nitrogen and oxygen atoms in total. The van der Waals surface area contributed by atoms with Crippen molar-refractivity contribution in [3.8, 4) is 0 Å². The number of anilines is 1. The Morgan fingerprint density at radius 2 is 1.89 bits per heavy atom. The number of hydrogen-bond acceptors (Lipinski definition) is 10. The number of benzene rings is 1. The number of ketones is 1. The van der Waals surface area contributed by atoms with Gasteiger partial charge in [-0.2, -0.15) is 0 Å². The number of nitrogens with zero attached hydrogens (tertiary/aromatic N) is 4. The van der Waals surface area contributed by atoms with Crippen molar-refractivity contribution in [2.45, 2.75) is 76.4 Å². The molecule has 1 aliphatic heterocycles. The van der Waals surface area contributed by atoms with Crippen LogP contribution in [-0.4, -0.2) is 77.7 Å². The first-order valence-corrected chi connectivity index (χ1v) is 12.1. The van der Waals surface area contributed by atoms with E-state index in [1.165, 1.54) is 26.5 Å². The van der Waals surface area contributed by atoms with Crippen molar-refractivity contribution in [2.75, 3.05) is 11.9 Å². The minimum atomic E-state index is -1.21. The number of Topliss-reactive ketones (excluding diaryl/α,β-unsaturated/α-hetero) is 1. The summed E-state index contributed by atoms with van der Waals surface area (Å²) >= 11 is 0. The number of imidazole rings is 1. The number of ether oxygens (including phenoxy) is 2. The molecule has 11 heteroatoms. The molecule has 0 spiro atoms. The second kappa shape index (κ2) is 11.8. The first-order valence-electron chi connectivity index (χ1n) is 12.1. The highest BCUT2D eigenvalue weighted by Gasteiger charge is 2.44. The number of aliphatic hydroxyl groups excluding tert-OH is 3. The van der Waals surface area contributed by atoms with E-state index in [1.54, 1.807) is 4.57 Å². The Morgan fingerprint density at radius 3 is 2.58 bits per heavy atom. The largest absolute Gasteiger partial charge is 0.394 e. The summed E-state index contributed by atoms with van der Waals surface area (Å²) in [5, 5.41) is 33.3. The molecule has 1 saturated heterocycles. The van der Waals surface area contributed by atoms with E-state index < -0.39 is 31.1 Å². The van der Waals surface area contributed by atoms with Crippen LogP contribution >= 0.6 is 0 Å². The van der Waals surface area contributed by atoms with Gasteiger partial charge in [-0.15, -0.1) is 0 Å². The summed E-state index contributed by atoms with van der Waals surface area (Å²) in [5.41, 5.74) is 2.15. The molecule has 0 radical (unpaired) electrons. The standard InChI is InChI=1S/C22H27N5O5.C3H6O/c28-9-16-18(29)19(30)22(32-16)27-12-25-17-20(23-11-24-21(17)27)26-14-7-4-8-15(14)31-10-13-5-2-1-3-6-13;1-3(2)4/h1-3,5-6,11-12,14-16,18-19,22,28-30H,4,7-10H2,(H,23,24,26);1-2H3/t14?,15?,16-,18+,19+,22-;/m1./s1. The van der Waals surface area contributed by atoms with Gasteiger partial charge in [-0.1, -0.05) is 30.3 Å². The first kappa shape index (κ1) is 26.1. The summed E-state index contributed by atoms with van der Waals surface area (Å²) in [6.45, 7) is 3.22. The zero-order chi connectivity index (χ0) is 25.7. The normalized spacial score (nSPS) is 27.6. The minimum Gasteiger partial charge on any atom is -0.394 e. The zero-order valence-corrected chi connectivity index (χ0v) is 20.4. The van der Waals surface area contributed by atoms with Gasteiger partial charge in [-0.25, -0.2) is 15.0 Å². The highest BCUT2D eigenvalue weighted by molar-refractivity contribution is 5.82. The fourth-order valence-electron chi connectivity index (χ4n) is 4.50. The number of carbonyl (C=O) groups excluding carboxylic acids is 1. The summed E-state index contributed by atoms with van der Waals surface area (Å²) in [4.78, 5) is 22.6. The summed E-state index contributed by atoms with van der Waals surface area (Å²) in [5.74, 6) is 0.751. The van der Waals surface area contributed by atoms with Crippen LogP contribution in [0.4, 0.5) is 5.82 Å². The van der Waals surface area contributed by atoms with Gasteiger partial charge in [-0.3, -0.25) is 4.57 Å². The molecule has 5 rings (SSSR count). The van der Waals surface area contributed by atoms with Crippen molar-refractivity contribution in [1.82, 2.24) is 19.5 Å². The van der Waals surface area contributed by atoms with Crippen LogP contribution in [0.1, 0.15) is 44.9 Å². The number of aliphatic hydroxyl groups is 3. The molecule has 36 heavy (non-hydrogen) atoms. The minimum absolute atomic E-state index is 0.0581. The molecule has 1 aromatic carbocycles. The topological polar surface area (TPSA) is 152 Å². The van der Waals surface area contributed by atoms with Crippen molar-refractivity contribution in [3.63, 3.8) is 0 Å². The van der Waals surface area contributed by atoms with Gasteiger partial charge in [0.25, 0.3) is 0 Å². The Hall–Kier alpha value is -2.96. The van der Waals surface area contributed by atoms with Crippen molar-refractivity contribution >= 4 is 22.8 Å². The second-order valence-corrected chi connectivity index (χ2v) is 9.20. The van der Waals surface area contributed by atoms with Crippen molar-refractivity contribution in [2.24, 2.45) is 0 Å². The van der Waals surface area contributed by atoms with Gasteiger partial charge >= 0.3 is 0 Å². The molecular weight excluding hydrogens is 466 g/mol. The predicted octanol–water partition coefficient (Wildman–Crippen LogP) is 1.58. The average Bonchev–Trinajstić information content (AvgIpc) is 3.57. The Kier molecular flexibility index (Phi) is 8.60. The fraction of sp³-hybridized carbons (Fsp3) is 0.520. The lowest BCUT2D eigenvalue weighted by Crippen LogP contribution is -2.33. The van der Waals surface area contributed by atoms with Crippen LogP contribution in [-0.2, 0) is 20.9 Å². The van der Waals surface area contributed by atoms with Crippen LogP contribution in [0, 0.1) is 0 Å². The summed E-state index contributed by atoms with van der Waals surface area (Å²) in [6, 6.07) is 10.2. The molecule has 194 valence electrons. The van der Waals surface area contributed by atoms with Crippen LogP contribution < -0.4 is 5.32 Å². The maximum atomic E-state index is 10.4. The molecular formula is C25H33N5O6. The van der Waals surface area contributed by atoms with E-state index in [2.05, 4.69) is 32.4 Å². The van der Waals surface area contributed by atoms with Gasteiger partial charge in [0.1, 0.15) is 30.4 Å². The third kappa shape index (κ3) is 5.88. The Morgan fingerprint density at radius 1 is 1.14 bits per heavy atom. The molecule has 2 aliphatic rings. The number of nitrogens with one attached hydrogen (secondary N) is 1. The third-order valence-corrected chi connectivity index (χ3v) is 6.23. The molecule has 0 amide bonds. The maximum absolute atomic E-state index is 10.4. The third-order valence-electron chi connectivity index (χ3n) is 6.23. The summed E-state index contributed by atoms with van der Waals surface area (Å²) in [7, 11) is 0. The predicted molar refractivity (Wildman–Crippen MR) is 131 cm³/mol. The Labute approximate surface area is 209 Å². The monoisotopic (exact) mass is 499 g/mol. The molecule has 1 aliphatic carbocycles. The molecule has 3 heterocycles. The lowest BCUT2D eigenvalue weighted by Gasteiger charge is -2.22. The Balaban J connectivity index is 0.000000709. The molecule has 3 aromatic rings. The van der Waals surface area contributed by atoms with Gasteiger partial charge < -0.3 is 34.9 Å². The fourth-order valence-corrected chi connectivity index (χ4v) is 4.50. The number of aromatic nitrogens is 4. The van der Waals surface area contributed by atoms with E-state index in [9.17, 15) is 20.1 Å². The number of carbonyl (C=O) groups is 1. The lowest BCUT2D eigenvalue weighted by molar-refractivity contribution is -0.115. The van der Waals surface area contributed by atoms with Crippen molar-refractivity contribution in [3.05, 3.63) is 48.5 Å². The molecule has 4 N–H and O–H groups in total. The Bertz CT molecular complexity index is 1140. The lowest BCUT2D eigenvalue weighted by atomic mass is 10.1. The van der Waals surface area contributed by atoms with Crippen LogP contribution in [0.25, 0.3) is 11.2 Å². The van der Waals surface area contributed by atoms with Crippen LogP contribution in [0.2, 0.25) is 0 Å². The van der Waals surface area contributed by atoms with Crippen LogP contribution in [0.5, 0.6) is 0 Å². The van der Waals surface area contributed by atoms with E-state index in [0.717, 1.165) is 24.8 Å². The van der Waals surface area contributed by atoms with Crippen LogP contribution in [0.15, 0.2) is 43.0 Å². The van der Waals surface area contributed by atoms with Gasteiger partial charge in [-0.05, 0) is 38.7 Å². The van der Waals surface area contributed by atoms with E-state index in [-0.39, 0.29) is 17.9 Å². The van der Waals surface area contributed by atoms with Gasteiger partial charge in [0, 0.05) is 0 Å². The molecule has 2 fully saturated rings. The van der Waals surface area contributed by atoms with Crippen LogP contribution in [0.3, 0.4) is 0 Å². The number of rotatable bonds is 7. The SMILES string of the molecule is CC(C)=O.OC[C@H]1O[C@@H](n2cnc3c(NC4CCCC4OCc4ccccc4)ncnc32)[C@@H](O)[C@H]1O. The van der Waals surface area contributed by atoms with E-state index in [1.807, 2.05) is 18.2 Å². The second-order valence-electron chi connectivity index (χ2n) is 9.20. The molecule has 2 aromatic heterocycles. The average molecular weight is 500 g/mol. The quantitative estimate of drug-likeness (QED) is 0.377. The van der Waals surface area contributed by atoms with E-state index in [4.69, 9.17) is 9.47 Å². The van der Waals surface area contributed by atoms with E-state index in [0.29, 0.717) is 23.6 Å². The molecule has 0 bridgehead atoms.